The number of hydrogen-bond donors (Lipinski definition) is 2. The minimum atomic E-state index is -1.08. The second kappa shape index (κ2) is 5.35. The largest absolute Gasteiger partial charge is 0.481 e. The van der Waals surface area contributed by atoms with E-state index in [1.54, 1.807) is 13.8 Å². The number of carboxylic acid groups (broad SMARTS) is 1. The molecule has 0 saturated carbocycles. The first-order valence-corrected chi connectivity index (χ1v) is 5.26. The molecule has 0 bridgehead atoms. The normalized spacial score (nSPS) is 17.9. The Morgan fingerprint density at radius 2 is 1.93 bits per heavy atom. The third-order valence-electron chi connectivity index (χ3n) is 2.68. The Labute approximate surface area is 86.1 Å². The molecule has 0 fully saturated rings. The summed E-state index contributed by atoms with van der Waals surface area (Å²) in [6, 6.07) is 0. The summed E-state index contributed by atoms with van der Waals surface area (Å²) in [6.45, 7) is 7.55. The summed E-state index contributed by atoms with van der Waals surface area (Å²) < 4.78 is 0. The SMILES string of the molecule is CCC(C(=O)O)C(C)(O)CCC(C)C. The maximum Gasteiger partial charge on any atom is 0.309 e. The van der Waals surface area contributed by atoms with Crippen LogP contribution in [0.2, 0.25) is 0 Å². The van der Waals surface area contributed by atoms with Gasteiger partial charge in [0.2, 0.25) is 0 Å². The number of aliphatic carboxylic acids is 1. The molecule has 2 N–H and O–H groups in total. The van der Waals surface area contributed by atoms with Gasteiger partial charge in [-0.3, -0.25) is 4.79 Å². The molecule has 0 rings (SSSR count). The van der Waals surface area contributed by atoms with Gasteiger partial charge in [0.25, 0.3) is 0 Å². The van der Waals surface area contributed by atoms with Gasteiger partial charge in [-0.2, -0.15) is 0 Å². The third-order valence-corrected chi connectivity index (χ3v) is 2.68. The summed E-state index contributed by atoms with van der Waals surface area (Å²) in [5.41, 5.74) is -1.08. The number of hydrogen-bond acceptors (Lipinski definition) is 2. The van der Waals surface area contributed by atoms with Crippen LogP contribution in [0.5, 0.6) is 0 Å². The van der Waals surface area contributed by atoms with Crippen LogP contribution < -0.4 is 0 Å². The molecule has 0 aliphatic rings. The van der Waals surface area contributed by atoms with Crippen LogP contribution in [-0.4, -0.2) is 21.8 Å². The minimum absolute atomic E-state index is 0.473. The lowest BCUT2D eigenvalue weighted by atomic mass is 9.82. The molecular weight excluding hydrogens is 180 g/mol. The zero-order valence-corrected chi connectivity index (χ0v) is 9.58. The second-order valence-corrected chi connectivity index (χ2v) is 4.59. The molecule has 84 valence electrons. The Balaban J connectivity index is 4.33. The molecule has 0 aromatic carbocycles. The maximum atomic E-state index is 10.9. The van der Waals surface area contributed by atoms with Crippen molar-refractivity contribution in [3.63, 3.8) is 0 Å². The summed E-state index contributed by atoms with van der Waals surface area (Å²) in [6.07, 6.45) is 1.88. The molecule has 0 radical (unpaired) electrons. The van der Waals surface area contributed by atoms with E-state index in [0.717, 1.165) is 6.42 Å². The molecule has 2 atom stereocenters. The molecule has 0 aliphatic carbocycles. The fourth-order valence-corrected chi connectivity index (χ4v) is 1.64. The van der Waals surface area contributed by atoms with Crippen molar-refractivity contribution in [2.24, 2.45) is 11.8 Å². The summed E-state index contributed by atoms with van der Waals surface area (Å²) in [7, 11) is 0. The predicted molar refractivity (Wildman–Crippen MR) is 56.1 cm³/mol. The first kappa shape index (κ1) is 13.4. The van der Waals surface area contributed by atoms with Crippen molar-refractivity contribution < 1.29 is 15.0 Å². The highest BCUT2D eigenvalue weighted by molar-refractivity contribution is 5.71. The lowest BCUT2D eigenvalue weighted by molar-refractivity contribution is -0.151. The highest BCUT2D eigenvalue weighted by Crippen LogP contribution is 2.27. The average Bonchev–Trinajstić information content (AvgIpc) is 2.01. The summed E-state index contributed by atoms with van der Waals surface area (Å²) in [5.74, 6) is -1.06. The van der Waals surface area contributed by atoms with E-state index in [1.807, 2.05) is 0 Å². The molecule has 14 heavy (non-hydrogen) atoms. The lowest BCUT2D eigenvalue weighted by Crippen LogP contribution is -2.39. The van der Waals surface area contributed by atoms with E-state index in [2.05, 4.69) is 13.8 Å². The zero-order chi connectivity index (χ0) is 11.4. The van der Waals surface area contributed by atoms with Gasteiger partial charge in [-0.1, -0.05) is 20.8 Å². The van der Waals surface area contributed by atoms with Gasteiger partial charge in [0.15, 0.2) is 0 Å². The van der Waals surface area contributed by atoms with Crippen molar-refractivity contribution in [3.05, 3.63) is 0 Å². The van der Waals surface area contributed by atoms with Gasteiger partial charge >= 0.3 is 5.97 Å². The molecular formula is C11H22O3. The van der Waals surface area contributed by atoms with Crippen molar-refractivity contribution in [2.75, 3.05) is 0 Å². The molecule has 0 heterocycles. The number of carbonyl (C=O) groups is 1. The first-order chi connectivity index (χ1) is 6.31. The van der Waals surface area contributed by atoms with E-state index in [9.17, 15) is 9.90 Å². The predicted octanol–water partition coefficient (Wildman–Crippen LogP) is 2.28. The van der Waals surface area contributed by atoms with Crippen LogP contribution in [0.15, 0.2) is 0 Å². The second-order valence-electron chi connectivity index (χ2n) is 4.59. The Kier molecular flexibility index (Phi) is 5.13. The van der Waals surface area contributed by atoms with E-state index < -0.39 is 17.5 Å². The van der Waals surface area contributed by atoms with Gasteiger partial charge < -0.3 is 10.2 Å². The minimum Gasteiger partial charge on any atom is -0.481 e. The van der Waals surface area contributed by atoms with Crippen LogP contribution in [0.4, 0.5) is 0 Å². The molecule has 0 aliphatic heterocycles. The molecule has 0 aromatic rings. The summed E-state index contributed by atoms with van der Waals surface area (Å²) >= 11 is 0. The van der Waals surface area contributed by atoms with Crippen LogP contribution in [0, 0.1) is 11.8 Å². The van der Waals surface area contributed by atoms with Crippen LogP contribution in [-0.2, 0) is 4.79 Å². The van der Waals surface area contributed by atoms with Gasteiger partial charge in [-0.05, 0) is 32.1 Å². The lowest BCUT2D eigenvalue weighted by Gasteiger charge is -2.29. The molecule has 3 nitrogen and oxygen atoms in total. The fourth-order valence-electron chi connectivity index (χ4n) is 1.64. The van der Waals surface area contributed by atoms with Gasteiger partial charge in [-0.15, -0.1) is 0 Å². The monoisotopic (exact) mass is 202 g/mol. The molecule has 0 amide bonds. The van der Waals surface area contributed by atoms with E-state index in [1.165, 1.54) is 0 Å². The van der Waals surface area contributed by atoms with Gasteiger partial charge in [0, 0.05) is 0 Å². The summed E-state index contributed by atoms with van der Waals surface area (Å²) in [4.78, 5) is 10.9. The third kappa shape index (κ3) is 4.09. The van der Waals surface area contributed by atoms with Gasteiger partial charge in [0.05, 0.1) is 11.5 Å². The fraction of sp³-hybridized carbons (Fsp3) is 0.909. The highest BCUT2D eigenvalue weighted by atomic mass is 16.4. The average molecular weight is 202 g/mol. The van der Waals surface area contributed by atoms with Crippen LogP contribution >= 0.6 is 0 Å². The van der Waals surface area contributed by atoms with Crippen molar-refractivity contribution in [1.29, 1.82) is 0 Å². The molecule has 0 aromatic heterocycles. The van der Waals surface area contributed by atoms with Gasteiger partial charge in [0.1, 0.15) is 0 Å². The highest BCUT2D eigenvalue weighted by Gasteiger charge is 2.35. The van der Waals surface area contributed by atoms with Crippen LogP contribution in [0.1, 0.15) is 47.0 Å². The number of rotatable bonds is 6. The molecule has 2 unspecified atom stereocenters. The van der Waals surface area contributed by atoms with E-state index >= 15 is 0 Å². The van der Waals surface area contributed by atoms with E-state index in [0.29, 0.717) is 18.8 Å². The Hall–Kier alpha value is -0.570. The Bertz CT molecular complexity index is 185. The Morgan fingerprint density at radius 1 is 1.43 bits per heavy atom. The van der Waals surface area contributed by atoms with Crippen molar-refractivity contribution in [1.82, 2.24) is 0 Å². The first-order valence-electron chi connectivity index (χ1n) is 5.26. The quantitative estimate of drug-likeness (QED) is 0.694. The summed E-state index contributed by atoms with van der Waals surface area (Å²) in [5, 5.41) is 18.9. The number of aliphatic hydroxyl groups is 1. The smallest absolute Gasteiger partial charge is 0.309 e. The van der Waals surface area contributed by atoms with Crippen molar-refractivity contribution >= 4 is 5.97 Å². The van der Waals surface area contributed by atoms with E-state index in [-0.39, 0.29) is 0 Å². The van der Waals surface area contributed by atoms with Crippen molar-refractivity contribution in [2.45, 2.75) is 52.6 Å². The maximum absolute atomic E-state index is 10.9. The molecule has 0 spiro atoms. The number of carboxylic acids is 1. The topological polar surface area (TPSA) is 57.5 Å². The van der Waals surface area contributed by atoms with Crippen molar-refractivity contribution in [3.8, 4) is 0 Å². The van der Waals surface area contributed by atoms with E-state index in [4.69, 9.17) is 5.11 Å². The standard InChI is InChI=1S/C11H22O3/c1-5-9(10(12)13)11(4,14)7-6-8(2)3/h8-9,14H,5-7H2,1-4H3,(H,12,13). The zero-order valence-electron chi connectivity index (χ0n) is 9.58. The van der Waals surface area contributed by atoms with Crippen LogP contribution in [0.25, 0.3) is 0 Å². The van der Waals surface area contributed by atoms with Crippen LogP contribution in [0.3, 0.4) is 0 Å². The molecule has 3 heteroatoms. The van der Waals surface area contributed by atoms with Gasteiger partial charge in [-0.25, -0.2) is 0 Å². The Morgan fingerprint density at radius 3 is 2.21 bits per heavy atom. The molecule has 0 saturated heterocycles.